The van der Waals surface area contributed by atoms with Crippen molar-refractivity contribution in [2.45, 2.75) is 19.3 Å². The zero-order chi connectivity index (χ0) is 14.4. The van der Waals surface area contributed by atoms with E-state index in [-0.39, 0.29) is 5.97 Å². The molecule has 2 rings (SSSR count). The molecular formula is C15H23N3O2. The minimum absolute atomic E-state index is 0.347. The van der Waals surface area contributed by atoms with Gasteiger partial charge in [0.15, 0.2) is 0 Å². The number of hydrogen-bond acceptors (Lipinski definition) is 5. The molecule has 1 aliphatic rings. The highest BCUT2D eigenvalue weighted by Crippen LogP contribution is 2.20. The molecule has 5 heteroatoms. The Hall–Kier alpha value is -1.62. The van der Waals surface area contributed by atoms with Crippen molar-refractivity contribution in [2.24, 2.45) is 5.92 Å². The van der Waals surface area contributed by atoms with Gasteiger partial charge in [0.05, 0.1) is 7.11 Å². The maximum atomic E-state index is 11.6. The summed E-state index contributed by atoms with van der Waals surface area (Å²) >= 11 is 0. The van der Waals surface area contributed by atoms with E-state index in [0.29, 0.717) is 11.4 Å². The van der Waals surface area contributed by atoms with Crippen LogP contribution in [0.5, 0.6) is 0 Å². The van der Waals surface area contributed by atoms with E-state index in [1.54, 1.807) is 18.3 Å². The highest BCUT2D eigenvalue weighted by Gasteiger charge is 2.17. The lowest BCUT2D eigenvalue weighted by molar-refractivity contribution is 0.0601. The molecule has 0 aliphatic carbocycles. The first-order chi connectivity index (χ1) is 9.70. The minimum atomic E-state index is -0.347. The normalized spacial score (nSPS) is 16.9. The lowest BCUT2D eigenvalue weighted by atomic mass is 9.94. The third-order valence-electron chi connectivity index (χ3n) is 3.90. The molecule has 1 aliphatic heterocycles. The average molecular weight is 277 g/mol. The Kier molecular flexibility index (Phi) is 5.35. The molecule has 1 fully saturated rings. The number of anilines is 1. The van der Waals surface area contributed by atoms with Gasteiger partial charge < -0.3 is 15.0 Å². The maximum Gasteiger partial charge on any atom is 0.341 e. The van der Waals surface area contributed by atoms with Gasteiger partial charge in [-0.05, 0) is 57.5 Å². The van der Waals surface area contributed by atoms with Crippen molar-refractivity contribution in [3.8, 4) is 0 Å². The van der Waals surface area contributed by atoms with Crippen molar-refractivity contribution in [2.75, 3.05) is 39.1 Å². The second kappa shape index (κ2) is 7.24. The number of ether oxygens (including phenoxy) is 1. The number of nitrogens with zero attached hydrogens (tertiary/aromatic N) is 2. The zero-order valence-electron chi connectivity index (χ0n) is 12.3. The van der Waals surface area contributed by atoms with Crippen molar-refractivity contribution < 1.29 is 9.53 Å². The molecular weight excluding hydrogens is 254 g/mol. The number of esters is 1. The third kappa shape index (κ3) is 3.93. The van der Waals surface area contributed by atoms with E-state index in [0.717, 1.165) is 18.9 Å². The van der Waals surface area contributed by atoms with Crippen LogP contribution in [0.4, 0.5) is 5.82 Å². The molecule has 0 saturated carbocycles. The Morgan fingerprint density at radius 1 is 1.50 bits per heavy atom. The average Bonchev–Trinajstić information content (AvgIpc) is 2.49. The van der Waals surface area contributed by atoms with E-state index in [1.165, 1.54) is 33.0 Å². The van der Waals surface area contributed by atoms with Gasteiger partial charge in [0.25, 0.3) is 0 Å². The maximum absolute atomic E-state index is 11.6. The van der Waals surface area contributed by atoms with Gasteiger partial charge in [0, 0.05) is 12.7 Å². The SMILES string of the molecule is COC(=O)c1cccnc1NCCC1CCN(C)CC1. The molecule has 1 aromatic rings. The Morgan fingerprint density at radius 3 is 2.95 bits per heavy atom. The van der Waals surface area contributed by atoms with Crippen LogP contribution in [0.25, 0.3) is 0 Å². The number of hydrogen-bond donors (Lipinski definition) is 1. The van der Waals surface area contributed by atoms with Crippen LogP contribution in [-0.2, 0) is 4.74 Å². The number of likely N-dealkylation sites (tertiary alicyclic amines) is 1. The summed E-state index contributed by atoms with van der Waals surface area (Å²) in [6.45, 7) is 3.21. The Balaban J connectivity index is 1.83. The minimum Gasteiger partial charge on any atom is -0.465 e. The van der Waals surface area contributed by atoms with Gasteiger partial charge >= 0.3 is 5.97 Å². The van der Waals surface area contributed by atoms with Crippen LogP contribution in [-0.4, -0.2) is 49.6 Å². The Bertz CT molecular complexity index is 442. The number of pyridine rings is 1. The number of carbonyl (C=O) groups is 1. The quantitative estimate of drug-likeness (QED) is 0.834. The van der Waals surface area contributed by atoms with E-state index in [1.807, 2.05) is 0 Å². The number of methoxy groups -OCH3 is 1. The van der Waals surface area contributed by atoms with Gasteiger partial charge in [-0.3, -0.25) is 0 Å². The predicted octanol–water partition coefficient (Wildman–Crippen LogP) is 2.01. The second-order valence-electron chi connectivity index (χ2n) is 5.35. The number of rotatable bonds is 5. The molecule has 0 spiro atoms. The van der Waals surface area contributed by atoms with E-state index in [4.69, 9.17) is 4.74 Å². The van der Waals surface area contributed by atoms with E-state index < -0.39 is 0 Å². The van der Waals surface area contributed by atoms with Crippen LogP contribution in [0.15, 0.2) is 18.3 Å². The fourth-order valence-corrected chi connectivity index (χ4v) is 2.57. The molecule has 0 radical (unpaired) electrons. The summed E-state index contributed by atoms with van der Waals surface area (Å²) < 4.78 is 4.76. The van der Waals surface area contributed by atoms with Gasteiger partial charge in [0.2, 0.25) is 0 Å². The van der Waals surface area contributed by atoms with Crippen LogP contribution in [0.2, 0.25) is 0 Å². The number of carbonyl (C=O) groups excluding carboxylic acids is 1. The molecule has 5 nitrogen and oxygen atoms in total. The van der Waals surface area contributed by atoms with Gasteiger partial charge in [-0.25, -0.2) is 9.78 Å². The predicted molar refractivity (Wildman–Crippen MR) is 78.9 cm³/mol. The molecule has 20 heavy (non-hydrogen) atoms. The summed E-state index contributed by atoms with van der Waals surface area (Å²) in [5, 5.41) is 3.26. The molecule has 1 aromatic heterocycles. The highest BCUT2D eigenvalue weighted by molar-refractivity contribution is 5.94. The van der Waals surface area contributed by atoms with E-state index in [2.05, 4.69) is 22.2 Å². The third-order valence-corrected chi connectivity index (χ3v) is 3.90. The Morgan fingerprint density at radius 2 is 2.25 bits per heavy atom. The fraction of sp³-hybridized carbons (Fsp3) is 0.600. The summed E-state index contributed by atoms with van der Waals surface area (Å²) in [6.07, 6.45) is 5.31. The number of piperidine rings is 1. The van der Waals surface area contributed by atoms with Crippen molar-refractivity contribution in [1.29, 1.82) is 0 Å². The standard InChI is InChI=1S/C15H23N3O2/c1-18-10-6-12(7-11-18)5-9-17-14-13(15(19)20-2)4-3-8-16-14/h3-4,8,12H,5-7,9-11H2,1-2H3,(H,16,17). The second-order valence-corrected chi connectivity index (χ2v) is 5.35. The van der Waals surface area contributed by atoms with E-state index in [9.17, 15) is 4.79 Å². The first-order valence-electron chi connectivity index (χ1n) is 7.16. The summed E-state index contributed by atoms with van der Waals surface area (Å²) in [5.41, 5.74) is 0.498. The molecule has 2 heterocycles. The fourth-order valence-electron chi connectivity index (χ4n) is 2.57. The van der Waals surface area contributed by atoms with Crippen LogP contribution in [0.3, 0.4) is 0 Å². The topological polar surface area (TPSA) is 54.5 Å². The van der Waals surface area contributed by atoms with Crippen molar-refractivity contribution in [3.05, 3.63) is 23.9 Å². The number of aromatic nitrogens is 1. The molecule has 0 bridgehead atoms. The van der Waals surface area contributed by atoms with Gasteiger partial charge in [-0.2, -0.15) is 0 Å². The summed E-state index contributed by atoms with van der Waals surface area (Å²) in [6, 6.07) is 3.48. The first-order valence-corrected chi connectivity index (χ1v) is 7.16. The van der Waals surface area contributed by atoms with Gasteiger partial charge in [-0.15, -0.1) is 0 Å². The smallest absolute Gasteiger partial charge is 0.341 e. The molecule has 0 atom stereocenters. The lowest BCUT2D eigenvalue weighted by Crippen LogP contribution is -2.31. The molecule has 0 aromatic carbocycles. The molecule has 1 saturated heterocycles. The monoisotopic (exact) mass is 277 g/mol. The van der Waals surface area contributed by atoms with Crippen LogP contribution in [0.1, 0.15) is 29.6 Å². The zero-order valence-corrected chi connectivity index (χ0v) is 12.3. The molecule has 110 valence electrons. The Labute approximate surface area is 120 Å². The summed E-state index contributed by atoms with van der Waals surface area (Å²) in [7, 11) is 3.56. The number of nitrogens with one attached hydrogen (secondary N) is 1. The van der Waals surface area contributed by atoms with Crippen LogP contribution in [0, 0.1) is 5.92 Å². The van der Waals surface area contributed by atoms with Crippen molar-refractivity contribution in [1.82, 2.24) is 9.88 Å². The van der Waals surface area contributed by atoms with Gasteiger partial charge in [-0.1, -0.05) is 0 Å². The molecule has 0 amide bonds. The van der Waals surface area contributed by atoms with Crippen LogP contribution >= 0.6 is 0 Å². The lowest BCUT2D eigenvalue weighted by Gasteiger charge is -2.28. The van der Waals surface area contributed by atoms with Crippen LogP contribution < -0.4 is 5.32 Å². The summed E-state index contributed by atoms with van der Waals surface area (Å²) in [4.78, 5) is 18.2. The van der Waals surface area contributed by atoms with Crippen molar-refractivity contribution in [3.63, 3.8) is 0 Å². The van der Waals surface area contributed by atoms with Gasteiger partial charge in [0.1, 0.15) is 11.4 Å². The molecule has 1 N–H and O–H groups in total. The molecule has 0 unspecified atom stereocenters. The van der Waals surface area contributed by atoms with Crippen molar-refractivity contribution >= 4 is 11.8 Å². The highest BCUT2D eigenvalue weighted by atomic mass is 16.5. The van der Waals surface area contributed by atoms with E-state index >= 15 is 0 Å². The summed E-state index contributed by atoms with van der Waals surface area (Å²) in [5.74, 6) is 1.04. The first kappa shape index (κ1) is 14.8. The largest absolute Gasteiger partial charge is 0.465 e.